The highest BCUT2D eigenvalue weighted by Crippen LogP contribution is 2.21. The zero-order chi connectivity index (χ0) is 17.0. The van der Waals surface area contributed by atoms with Crippen molar-refractivity contribution in [3.8, 4) is 5.75 Å². The zero-order valence-electron chi connectivity index (χ0n) is 13.7. The smallest absolute Gasteiger partial charge is 0.315 e. The molecule has 124 valence electrons. The molecule has 1 aromatic carbocycles. The third-order valence-corrected chi connectivity index (χ3v) is 3.55. The van der Waals surface area contributed by atoms with Crippen LogP contribution in [0.1, 0.15) is 29.9 Å². The van der Waals surface area contributed by atoms with E-state index >= 15 is 0 Å². The molecule has 0 saturated heterocycles. The molecule has 2 aromatic rings. The van der Waals surface area contributed by atoms with E-state index in [0.717, 1.165) is 11.4 Å². The Morgan fingerprint density at radius 2 is 2.17 bits per heavy atom. The van der Waals surface area contributed by atoms with E-state index in [1.807, 2.05) is 20.0 Å². The maximum absolute atomic E-state index is 13.7. The minimum Gasteiger partial charge on any atom is -0.494 e. The molecule has 1 heterocycles. The first-order valence-electron chi connectivity index (χ1n) is 7.28. The highest BCUT2D eigenvalue weighted by molar-refractivity contribution is 5.74. The summed E-state index contributed by atoms with van der Waals surface area (Å²) in [5.41, 5.74) is 2.46. The van der Waals surface area contributed by atoms with Crippen LogP contribution in [0.25, 0.3) is 0 Å². The van der Waals surface area contributed by atoms with Crippen molar-refractivity contribution in [1.82, 2.24) is 20.4 Å². The number of methoxy groups -OCH3 is 1. The van der Waals surface area contributed by atoms with Crippen LogP contribution in [0.5, 0.6) is 5.75 Å². The minimum absolute atomic E-state index is 0.178. The Morgan fingerprint density at radius 1 is 1.43 bits per heavy atom. The van der Waals surface area contributed by atoms with Gasteiger partial charge < -0.3 is 15.4 Å². The largest absolute Gasteiger partial charge is 0.494 e. The molecule has 0 bridgehead atoms. The van der Waals surface area contributed by atoms with Gasteiger partial charge in [-0.3, -0.25) is 4.68 Å². The molecule has 2 rings (SSSR count). The standard InChI is InChI=1S/C16H21FN4O2/c1-10-7-13(21(3)20-10)9-18-16(22)19-11(2)12-5-6-15(23-4)14(17)8-12/h5-8,11H,9H2,1-4H3,(H2,18,19,22)/t11-/m0/s1. The van der Waals surface area contributed by atoms with Gasteiger partial charge in [0.25, 0.3) is 0 Å². The van der Waals surface area contributed by atoms with E-state index in [1.165, 1.54) is 13.2 Å². The Kier molecular flexibility index (Phi) is 5.20. The van der Waals surface area contributed by atoms with E-state index in [9.17, 15) is 9.18 Å². The van der Waals surface area contributed by atoms with Crippen molar-refractivity contribution in [1.29, 1.82) is 0 Å². The number of urea groups is 1. The number of hydrogen-bond acceptors (Lipinski definition) is 3. The van der Waals surface area contributed by atoms with Crippen molar-refractivity contribution in [2.45, 2.75) is 26.4 Å². The van der Waals surface area contributed by atoms with Gasteiger partial charge in [-0.15, -0.1) is 0 Å². The summed E-state index contributed by atoms with van der Waals surface area (Å²) >= 11 is 0. The molecule has 0 saturated carbocycles. The van der Waals surface area contributed by atoms with Crippen LogP contribution in [0.4, 0.5) is 9.18 Å². The Balaban J connectivity index is 1.91. The molecule has 1 aromatic heterocycles. The molecule has 2 amide bonds. The van der Waals surface area contributed by atoms with Crippen molar-refractivity contribution in [2.24, 2.45) is 7.05 Å². The molecule has 23 heavy (non-hydrogen) atoms. The van der Waals surface area contributed by atoms with Gasteiger partial charge in [-0.05, 0) is 37.6 Å². The van der Waals surface area contributed by atoms with Gasteiger partial charge in [0.15, 0.2) is 11.6 Å². The van der Waals surface area contributed by atoms with Crippen LogP contribution in [0.15, 0.2) is 24.3 Å². The zero-order valence-corrected chi connectivity index (χ0v) is 13.7. The van der Waals surface area contributed by atoms with E-state index in [-0.39, 0.29) is 17.8 Å². The number of nitrogens with zero attached hydrogens (tertiary/aromatic N) is 2. The molecule has 0 fully saturated rings. The molecule has 0 aliphatic carbocycles. The number of amides is 2. The van der Waals surface area contributed by atoms with Crippen LogP contribution >= 0.6 is 0 Å². The molecule has 0 aliphatic heterocycles. The Hall–Kier alpha value is -2.57. The number of benzene rings is 1. The van der Waals surface area contributed by atoms with Gasteiger partial charge in [-0.25, -0.2) is 9.18 Å². The Morgan fingerprint density at radius 3 is 2.74 bits per heavy atom. The van der Waals surface area contributed by atoms with Gasteiger partial charge in [-0.1, -0.05) is 6.07 Å². The second-order valence-corrected chi connectivity index (χ2v) is 5.34. The summed E-state index contributed by atoms with van der Waals surface area (Å²) in [5, 5.41) is 9.75. The topological polar surface area (TPSA) is 68.2 Å². The van der Waals surface area contributed by atoms with E-state index in [1.54, 1.807) is 23.7 Å². The number of aryl methyl sites for hydroxylation is 2. The molecule has 0 spiro atoms. The lowest BCUT2D eigenvalue weighted by Gasteiger charge is -2.16. The highest BCUT2D eigenvalue weighted by atomic mass is 19.1. The van der Waals surface area contributed by atoms with Gasteiger partial charge in [0.2, 0.25) is 0 Å². The number of carbonyl (C=O) groups is 1. The van der Waals surface area contributed by atoms with Gasteiger partial charge in [0.05, 0.1) is 31.1 Å². The van der Waals surface area contributed by atoms with Crippen LogP contribution in [-0.4, -0.2) is 22.9 Å². The molecule has 0 radical (unpaired) electrons. The van der Waals surface area contributed by atoms with Crippen LogP contribution in [0, 0.1) is 12.7 Å². The summed E-state index contributed by atoms with van der Waals surface area (Å²) in [5.74, 6) is -0.276. The number of aromatic nitrogens is 2. The fourth-order valence-electron chi connectivity index (χ4n) is 2.28. The van der Waals surface area contributed by atoms with Gasteiger partial charge in [-0.2, -0.15) is 5.10 Å². The molecular weight excluding hydrogens is 299 g/mol. The minimum atomic E-state index is -0.454. The third kappa shape index (κ3) is 4.21. The second kappa shape index (κ2) is 7.13. The average molecular weight is 320 g/mol. The maximum Gasteiger partial charge on any atom is 0.315 e. The summed E-state index contributed by atoms with van der Waals surface area (Å²) < 4.78 is 20.3. The van der Waals surface area contributed by atoms with E-state index < -0.39 is 5.82 Å². The summed E-state index contributed by atoms with van der Waals surface area (Å²) in [6.07, 6.45) is 0. The van der Waals surface area contributed by atoms with Crippen molar-refractivity contribution in [3.63, 3.8) is 0 Å². The molecule has 7 heteroatoms. The molecular formula is C16H21FN4O2. The first kappa shape index (κ1) is 16.8. The molecule has 2 N–H and O–H groups in total. The van der Waals surface area contributed by atoms with E-state index in [4.69, 9.17) is 4.74 Å². The lowest BCUT2D eigenvalue weighted by atomic mass is 10.1. The third-order valence-electron chi connectivity index (χ3n) is 3.55. The number of carbonyl (C=O) groups excluding carboxylic acids is 1. The monoisotopic (exact) mass is 320 g/mol. The second-order valence-electron chi connectivity index (χ2n) is 5.34. The van der Waals surface area contributed by atoms with Crippen molar-refractivity contribution >= 4 is 6.03 Å². The van der Waals surface area contributed by atoms with Crippen molar-refractivity contribution in [3.05, 3.63) is 47.0 Å². The highest BCUT2D eigenvalue weighted by Gasteiger charge is 2.12. The van der Waals surface area contributed by atoms with Crippen molar-refractivity contribution < 1.29 is 13.9 Å². The fraction of sp³-hybridized carbons (Fsp3) is 0.375. The number of nitrogens with one attached hydrogen (secondary N) is 2. The summed E-state index contributed by atoms with van der Waals surface area (Å²) in [4.78, 5) is 12.0. The molecule has 0 aliphatic rings. The predicted octanol–water partition coefficient (Wildman–Crippen LogP) is 2.44. The van der Waals surface area contributed by atoms with Crippen LogP contribution in [0.2, 0.25) is 0 Å². The summed E-state index contributed by atoms with van der Waals surface area (Å²) in [7, 11) is 3.23. The van der Waals surface area contributed by atoms with E-state index in [2.05, 4.69) is 15.7 Å². The molecule has 0 unspecified atom stereocenters. The van der Waals surface area contributed by atoms with Gasteiger partial charge in [0, 0.05) is 7.05 Å². The maximum atomic E-state index is 13.7. The van der Waals surface area contributed by atoms with E-state index in [0.29, 0.717) is 12.1 Å². The number of halogens is 1. The predicted molar refractivity (Wildman–Crippen MR) is 84.7 cm³/mol. The summed E-state index contributed by atoms with van der Waals surface area (Å²) in [6, 6.07) is 5.86. The normalized spacial score (nSPS) is 11.9. The van der Waals surface area contributed by atoms with Crippen molar-refractivity contribution in [2.75, 3.05) is 7.11 Å². The van der Waals surface area contributed by atoms with Crippen LogP contribution in [0.3, 0.4) is 0 Å². The molecule has 1 atom stereocenters. The Bertz CT molecular complexity index is 699. The van der Waals surface area contributed by atoms with Crippen LogP contribution < -0.4 is 15.4 Å². The number of rotatable bonds is 5. The first-order chi connectivity index (χ1) is 10.9. The summed E-state index contributed by atoms with van der Waals surface area (Å²) in [6.45, 7) is 4.05. The number of ether oxygens (including phenoxy) is 1. The van der Waals surface area contributed by atoms with Crippen LogP contribution in [-0.2, 0) is 13.6 Å². The molecule has 6 nitrogen and oxygen atoms in total. The average Bonchev–Trinajstić information content (AvgIpc) is 2.82. The quantitative estimate of drug-likeness (QED) is 0.889. The Labute approximate surface area is 134 Å². The SMILES string of the molecule is COc1ccc([C@H](C)NC(=O)NCc2cc(C)nn2C)cc1F. The lowest BCUT2D eigenvalue weighted by Crippen LogP contribution is -2.37. The fourth-order valence-corrected chi connectivity index (χ4v) is 2.28. The lowest BCUT2D eigenvalue weighted by molar-refractivity contribution is 0.237. The van der Waals surface area contributed by atoms with Gasteiger partial charge >= 0.3 is 6.03 Å². The van der Waals surface area contributed by atoms with Gasteiger partial charge in [0.1, 0.15) is 0 Å². The first-order valence-corrected chi connectivity index (χ1v) is 7.28. The number of hydrogen-bond donors (Lipinski definition) is 2.